The van der Waals surface area contributed by atoms with Gasteiger partial charge in [0.25, 0.3) is 0 Å². The maximum Gasteiger partial charge on any atom is 0.343 e. The molecule has 0 heterocycles. The number of rotatable bonds is 8. The number of carbonyl (C=O) groups is 2. The number of carbonyl (C=O) groups excluding carboxylic acids is 2. The Kier molecular flexibility index (Phi) is 7.31. The Morgan fingerprint density at radius 3 is 2.00 bits per heavy atom. The molecule has 0 saturated carbocycles. The molecule has 0 spiro atoms. The fraction of sp³-hybridized carbons (Fsp3) is 0.300. The lowest BCUT2D eigenvalue weighted by atomic mass is 10.1. The van der Waals surface area contributed by atoms with Crippen molar-refractivity contribution in [2.45, 2.75) is 25.2 Å². The first kappa shape index (κ1) is 21.6. The number of ether oxygens (including phenoxy) is 2. The van der Waals surface area contributed by atoms with Crippen LogP contribution in [0.5, 0.6) is 5.75 Å². The van der Waals surface area contributed by atoms with Gasteiger partial charge in [-0.2, -0.15) is 4.31 Å². The molecule has 0 saturated heterocycles. The van der Waals surface area contributed by atoms with Crippen LogP contribution in [0.2, 0.25) is 0 Å². The van der Waals surface area contributed by atoms with E-state index in [1.54, 1.807) is 38.1 Å². The highest BCUT2D eigenvalue weighted by atomic mass is 32.2. The minimum atomic E-state index is -3.58. The van der Waals surface area contributed by atoms with Crippen LogP contribution in [0.1, 0.15) is 29.8 Å². The van der Waals surface area contributed by atoms with E-state index < -0.39 is 16.0 Å². The first-order chi connectivity index (χ1) is 13.3. The van der Waals surface area contributed by atoms with Gasteiger partial charge in [-0.15, -0.1) is 0 Å². The zero-order valence-corrected chi connectivity index (χ0v) is 16.9. The van der Waals surface area contributed by atoms with Crippen molar-refractivity contribution in [1.82, 2.24) is 4.31 Å². The average molecular weight is 405 g/mol. The van der Waals surface area contributed by atoms with Crippen molar-refractivity contribution in [1.29, 1.82) is 0 Å². The van der Waals surface area contributed by atoms with Crippen molar-refractivity contribution in [3.63, 3.8) is 0 Å². The van der Waals surface area contributed by atoms with Crippen molar-refractivity contribution in [2.75, 3.05) is 20.2 Å². The predicted molar refractivity (Wildman–Crippen MR) is 104 cm³/mol. The number of esters is 2. The Morgan fingerprint density at radius 1 is 0.929 bits per heavy atom. The third-order valence-electron chi connectivity index (χ3n) is 4.14. The van der Waals surface area contributed by atoms with E-state index in [2.05, 4.69) is 4.74 Å². The Morgan fingerprint density at radius 2 is 1.50 bits per heavy atom. The summed E-state index contributed by atoms with van der Waals surface area (Å²) in [6.07, 6.45) is 0.132. The summed E-state index contributed by atoms with van der Waals surface area (Å²) in [4.78, 5) is 23.7. The van der Waals surface area contributed by atoms with E-state index in [0.29, 0.717) is 18.8 Å². The average Bonchev–Trinajstić information content (AvgIpc) is 2.70. The van der Waals surface area contributed by atoms with Crippen LogP contribution < -0.4 is 4.74 Å². The molecule has 0 atom stereocenters. The molecule has 0 N–H and O–H groups in total. The van der Waals surface area contributed by atoms with Crippen molar-refractivity contribution in [2.24, 2.45) is 0 Å². The first-order valence-corrected chi connectivity index (χ1v) is 10.2. The highest BCUT2D eigenvalue weighted by Crippen LogP contribution is 2.18. The fourth-order valence-electron chi connectivity index (χ4n) is 2.56. The molecular weight excluding hydrogens is 382 g/mol. The van der Waals surface area contributed by atoms with Gasteiger partial charge in [-0.25, -0.2) is 13.2 Å². The Bertz CT molecular complexity index is 916. The second kappa shape index (κ2) is 9.48. The molecule has 8 heteroatoms. The smallest absolute Gasteiger partial charge is 0.343 e. The fourth-order valence-corrected chi connectivity index (χ4v) is 4.01. The van der Waals surface area contributed by atoms with E-state index in [1.807, 2.05) is 0 Å². The largest absolute Gasteiger partial charge is 0.469 e. The topological polar surface area (TPSA) is 90.0 Å². The van der Waals surface area contributed by atoms with Crippen molar-refractivity contribution >= 4 is 22.0 Å². The summed E-state index contributed by atoms with van der Waals surface area (Å²) < 4.78 is 36.2. The zero-order chi connectivity index (χ0) is 20.7. The molecule has 7 nitrogen and oxygen atoms in total. The first-order valence-electron chi connectivity index (χ1n) is 8.80. The van der Waals surface area contributed by atoms with Gasteiger partial charge in [0.05, 0.1) is 24.0 Å². The molecule has 0 aliphatic heterocycles. The lowest BCUT2D eigenvalue weighted by Gasteiger charge is -2.18. The van der Waals surface area contributed by atoms with Gasteiger partial charge in [0.1, 0.15) is 5.75 Å². The standard InChI is InChI=1S/C20H23NO6S/c1-4-21(5-2)28(24,25)18-12-8-16(9-13-18)20(23)27-17-10-6-15(7-11-17)14-19(22)26-3/h6-13H,4-5,14H2,1-3H3. The number of hydrogen-bond donors (Lipinski definition) is 0. The zero-order valence-electron chi connectivity index (χ0n) is 16.0. The third-order valence-corrected chi connectivity index (χ3v) is 6.21. The number of hydrogen-bond acceptors (Lipinski definition) is 6. The molecule has 0 aliphatic carbocycles. The molecule has 0 fully saturated rings. The molecule has 0 aliphatic rings. The Balaban J connectivity index is 2.08. The van der Waals surface area contributed by atoms with Crippen LogP contribution in [0.3, 0.4) is 0 Å². The van der Waals surface area contributed by atoms with Gasteiger partial charge in [0.2, 0.25) is 10.0 Å². The quantitative estimate of drug-likeness (QED) is 0.495. The van der Waals surface area contributed by atoms with E-state index in [4.69, 9.17) is 4.74 Å². The van der Waals surface area contributed by atoms with Crippen LogP contribution in [-0.2, 0) is 26.0 Å². The number of methoxy groups -OCH3 is 1. The van der Waals surface area contributed by atoms with Gasteiger partial charge in [0.15, 0.2) is 0 Å². The molecule has 2 aromatic carbocycles. The number of benzene rings is 2. The highest BCUT2D eigenvalue weighted by Gasteiger charge is 2.22. The van der Waals surface area contributed by atoms with Gasteiger partial charge in [-0.3, -0.25) is 4.79 Å². The maximum absolute atomic E-state index is 12.5. The van der Waals surface area contributed by atoms with Gasteiger partial charge in [0, 0.05) is 13.1 Å². The summed E-state index contributed by atoms with van der Waals surface area (Å²) in [5.41, 5.74) is 0.967. The van der Waals surface area contributed by atoms with Crippen LogP contribution in [0.15, 0.2) is 53.4 Å². The van der Waals surface area contributed by atoms with Crippen LogP contribution in [-0.4, -0.2) is 44.9 Å². The van der Waals surface area contributed by atoms with Crippen LogP contribution in [0.4, 0.5) is 0 Å². The maximum atomic E-state index is 12.5. The molecule has 0 bridgehead atoms. The summed E-state index contributed by atoms with van der Waals surface area (Å²) in [7, 11) is -2.26. The molecular formula is C20H23NO6S. The normalized spacial score (nSPS) is 11.3. The number of nitrogens with zero attached hydrogens (tertiary/aromatic N) is 1. The lowest BCUT2D eigenvalue weighted by molar-refractivity contribution is -0.139. The molecule has 0 amide bonds. The van der Waals surface area contributed by atoms with E-state index in [1.165, 1.54) is 35.7 Å². The lowest BCUT2D eigenvalue weighted by Crippen LogP contribution is -2.30. The summed E-state index contributed by atoms with van der Waals surface area (Å²) in [5.74, 6) is -0.643. The van der Waals surface area contributed by atoms with Gasteiger partial charge in [-0.1, -0.05) is 26.0 Å². The summed E-state index contributed by atoms with van der Waals surface area (Å²) in [6.45, 7) is 4.27. The second-order valence-corrected chi connectivity index (χ2v) is 7.84. The van der Waals surface area contributed by atoms with Crippen molar-refractivity contribution in [3.8, 4) is 5.75 Å². The minimum absolute atomic E-state index is 0.125. The highest BCUT2D eigenvalue weighted by molar-refractivity contribution is 7.89. The Hall–Kier alpha value is -2.71. The Labute approximate surface area is 164 Å². The summed E-state index contributed by atoms with van der Waals surface area (Å²) in [6, 6.07) is 12.1. The van der Waals surface area contributed by atoms with Gasteiger partial charge < -0.3 is 9.47 Å². The van der Waals surface area contributed by atoms with E-state index in [0.717, 1.165) is 5.56 Å². The minimum Gasteiger partial charge on any atom is -0.469 e. The SMILES string of the molecule is CCN(CC)S(=O)(=O)c1ccc(C(=O)Oc2ccc(CC(=O)OC)cc2)cc1. The van der Waals surface area contributed by atoms with Crippen molar-refractivity contribution < 1.29 is 27.5 Å². The summed E-state index contributed by atoms with van der Waals surface area (Å²) in [5, 5.41) is 0. The van der Waals surface area contributed by atoms with Gasteiger partial charge in [-0.05, 0) is 42.0 Å². The van der Waals surface area contributed by atoms with E-state index >= 15 is 0 Å². The second-order valence-electron chi connectivity index (χ2n) is 5.90. The van der Waals surface area contributed by atoms with Crippen LogP contribution in [0, 0.1) is 0 Å². The van der Waals surface area contributed by atoms with E-state index in [-0.39, 0.29) is 22.8 Å². The van der Waals surface area contributed by atoms with Crippen LogP contribution >= 0.6 is 0 Å². The molecule has 150 valence electrons. The molecule has 0 aromatic heterocycles. The molecule has 0 unspecified atom stereocenters. The summed E-state index contributed by atoms with van der Waals surface area (Å²) >= 11 is 0. The molecule has 0 radical (unpaired) electrons. The van der Waals surface area contributed by atoms with E-state index in [9.17, 15) is 18.0 Å². The van der Waals surface area contributed by atoms with Crippen LogP contribution in [0.25, 0.3) is 0 Å². The molecule has 2 rings (SSSR count). The molecule has 2 aromatic rings. The number of sulfonamides is 1. The molecule has 28 heavy (non-hydrogen) atoms. The third kappa shape index (κ3) is 5.17. The monoisotopic (exact) mass is 405 g/mol. The van der Waals surface area contributed by atoms with Crippen molar-refractivity contribution in [3.05, 3.63) is 59.7 Å². The predicted octanol–water partition coefficient (Wildman–Crippen LogP) is 2.65. The van der Waals surface area contributed by atoms with Gasteiger partial charge >= 0.3 is 11.9 Å².